The normalized spacial score (nSPS) is 23.0. The molecular weight excluding hydrogens is 220 g/mol. The van der Waals surface area contributed by atoms with Crippen LogP contribution in [0.1, 0.15) is 31.4 Å². The number of nitrogens with one attached hydrogen (secondary N) is 2. The highest BCUT2D eigenvalue weighted by molar-refractivity contribution is 6.31. The fraction of sp³-hybridized carbons (Fsp3) is 0.538. The van der Waals surface area contributed by atoms with Gasteiger partial charge in [-0.25, -0.2) is 0 Å². The summed E-state index contributed by atoms with van der Waals surface area (Å²) in [4.78, 5) is 0. The molecule has 2 N–H and O–H groups in total. The zero-order valence-electron chi connectivity index (χ0n) is 9.67. The molecule has 1 aromatic rings. The van der Waals surface area contributed by atoms with Crippen LogP contribution in [0, 0.1) is 0 Å². The molecule has 0 spiro atoms. The van der Waals surface area contributed by atoms with Crippen molar-refractivity contribution in [2.45, 2.75) is 31.8 Å². The number of hydrogen-bond donors (Lipinski definition) is 2. The Labute approximate surface area is 102 Å². The van der Waals surface area contributed by atoms with Crippen LogP contribution in [0.5, 0.6) is 0 Å². The first-order valence-electron chi connectivity index (χ1n) is 5.98. The maximum absolute atomic E-state index is 6.18. The lowest BCUT2D eigenvalue weighted by atomic mass is 10.0. The average molecular weight is 239 g/mol. The fourth-order valence-corrected chi connectivity index (χ4v) is 2.56. The van der Waals surface area contributed by atoms with Crippen molar-refractivity contribution >= 4 is 11.6 Å². The van der Waals surface area contributed by atoms with Gasteiger partial charge in [0.05, 0.1) is 0 Å². The second-order valence-electron chi connectivity index (χ2n) is 4.45. The summed E-state index contributed by atoms with van der Waals surface area (Å²) in [6.07, 6.45) is 2.51. The largest absolute Gasteiger partial charge is 0.315 e. The van der Waals surface area contributed by atoms with E-state index in [0.717, 1.165) is 18.1 Å². The standard InChI is InChI=1S/C13H19ClN2/c1-10(12-6-2-3-7-13(12)14)16-11-5-4-8-15-9-11/h2-3,6-7,10-11,15-16H,4-5,8-9H2,1H3/t10-,11?/m1/s1. The molecule has 0 aromatic heterocycles. The quantitative estimate of drug-likeness (QED) is 0.846. The summed E-state index contributed by atoms with van der Waals surface area (Å²) in [5.41, 5.74) is 1.19. The van der Waals surface area contributed by atoms with E-state index in [4.69, 9.17) is 11.6 Å². The van der Waals surface area contributed by atoms with E-state index in [1.165, 1.54) is 18.4 Å². The van der Waals surface area contributed by atoms with Crippen molar-refractivity contribution in [1.82, 2.24) is 10.6 Å². The molecule has 1 unspecified atom stereocenters. The molecule has 1 fully saturated rings. The Morgan fingerprint density at radius 2 is 2.25 bits per heavy atom. The van der Waals surface area contributed by atoms with Gasteiger partial charge in [-0.3, -0.25) is 0 Å². The van der Waals surface area contributed by atoms with E-state index < -0.39 is 0 Å². The molecule has 0 radical (unpaired) electrons. The number of benzene rings is 1. The summed E-state index contributed by atoms with van der Waals surface area (Å²) >= 11 is 6.18. The molecule has 1 aliphatic heterocycles. The second kappa shape index (κ2) is 5.67. The molecule has 1 aliphatic rings. The third-order valence-electron chi connectivity index (χ3n) is 3.15. The van der Waals surface area contributed by atoms with E-state index in [1.54, 1.807) is 0 Å². The van der Waals surface area contributed by atoms with E-state index in [-0.39, 0.29) is 0 Å². The summed E-state index contributed by atoms with van der Waals surface area (Å²) in [6.45, 7) is 4.39. The molecule has 1 heterocycles. The van der Waals surface area contributed by atoms with Gasteiger partial charge in [-0.05, 0) is 37.9 Å². The summed E-state index contributed by atoms with van der Waals surface area (Å²) in [7, 11) is 0. The predicted octanol–water partition coefficient (Wildman–Crippen LogP) is 2.74. The van der Waals surface area contributed by atoms with Crippen molar-refractivity contribution in [1.29, 1.82) is 0 Å². The Morgan fingerprint density at radius 3 is 2.94 bits per heavy atom. The Kier molecular flexibility index (Phi) is 4.22. The third-order valence-corrected chi connectivity index (χ3v) is 3.50. The number of hydrogen-bond acceptors (Lipinski definition) is 2. The summed E-state index contributed by atoms with van der Waals surface area (Å²) in [6, 6.07) is 8.95. The van der Waals surface area contributed by atoms with Gasteiger partial charge >= 0.3 is 0 Å². The molecule has 88 valence electrons. The smallest absolute Gasteiger partial charge is 0.0453 e. The van der Waals surface area contributed by atoms with Crippen molar-refractivity contribution in [3.8, 4) is 0 Å². The van der Waals surface area contributed by atoms with Crippen LogP contribution in [-0.4, -0.2) is 19.1 Å². The summed E-state index contributed by atoms with van der Waals surface area (Å²) < 4.78 is 0. The number of halogens is 1. The van der Waals surface area contributed by atoms with Crippen molar-refractivity contribution < 1.29 is 0 Å². The van der Waals surface area contributed by atoms with Gasteiger partial charge in [-0.1, -0.05) is 29.8 Å². The molecule has 0 amide bonds. The van der Waals surface area contributed by atoms with Gasteiger partial charge in [0.25, 0.3) is 0 Å². The Bertz CT molecular complexity index is 334. The topological polar surface area (TPSA) is 24.1 Å². The SMILES string of the molecule is C[C@@H](NC1CCCNC1)c1ccccc1Cl. The Balaban J connectivity index is 1.96. The molecule has 2 atom stereocenters. The van der Waals surface area contributed by atoms with Gasteiger partial charge < -0.3 is 10.6 Å². The lowest BCUT2D eigenvalue weighted by Crippen LogP contribution is -2.43. The van der Waals surface area contributed by atoms with Crippen LogP contribution >= 0.6 is 11.6 Å². The molecule has 2 rings (SSSR count). The average Bonchev–Trinajstić information content (AvgIpc) is 2.31. The summed E-state index contributed by atoms with van der Waals surface area (Å²) in [5, 5.41) is 7.89. The fourth-order valence-electron chi connectivity index (χ4n) is 2.26. The monoisotopic (exact) mass is 238 g/mol. The van der Waals surface area contributed by atoms with Gasteiger partial charge in [0.15, 0.2) is 0 Å². The van der Waals surface area contributed by atoms with E-state index in [2.05, 4.69) is 23.6 Å². The van der Waals surface area contributed by atoms with Gasteiger partial charge in [0.2, 0.25) is 0 Å². The van der Waals surface area contributed by atoms with Crippen LogP contribution in [0.15, 0.2) is 24.3 Å². The van der Waals surface area contributed by atoms with Crippen LogP contribution in [0.4, 0.5) is 0 Å². The molecule has 3 heteroatoms. The van der Waals surface area contributed by atoms with Gasteiger partial charge in [-0.15, -0.1) is 0 Å². The third kappa shape index (κ3) is 2.97. The van der Waals surface area contributed by atoms with Crippen molar-refractivity contribution in [3.05, 3.63) is 34.9 Å². The van der Waals surface area contributed by atoms with E-state index in [0.29, 0.717) is 12.1 Å². The lowest BCUT2D eigenvalue weighted by molar-refractivity contribution is 0.362. The minimum Gasteiger partial charge on any atom is -0.315 e. The molecule has 0 bridgehead atoms. The van der Waals surface area contributed by atoms with Gasteiger partial charge in [0.1, 0.15) is 0 Å². The minimum absolute atomic E-state index is 0.318. The van der Waals surface area contributed by atoms with Crippen LogP contribution in [0.25, 0.3) is 0 Å². The van der Waals surface area contributed by atoms with E-state index in [9.17, 15) is 0 Å². The molecule has 2 nitrogen and oxygen atoms in total. The first-order chi connectivity index (χ1) is 7.77. The lowest BCUT2D eigenvalue weighted by Gasteiger charge is -2.27. The maximum atomic E-state index is 6.18. The highest BCUT2D eigenvalue weighted by atomic mass is 35.5. The zero-order chi connectivity index (χ0) is 11.4. The zero-order valence-corrected chi connectivity index (χ0v) is 10.4. The van der Waals surface area contributed by atoms with Crippen LogP contribution in [0.2, 0.25) is 5.02 Å². The summed E-state index contributed by atoms with van der Waals surface area (Å²) in [5.74, 6) is 0. The second-order valence-corrected chi connectivity index (χ2v) is 4.86. The number of rotatable bonds is 3. The molecule has 1 saturated heterocycles. The first kappa shape index (κ1) is 11.9. The van der Waals surface area contributed by atoms with Crippen LogP contribution in [-0.2, 0) is 0 Å². The number of piperidine rings is 1. The molecular formula is C13H19ClN2. The van der Waals surface area contributed by atoms with Crippen molar-refractivity contribution in [3.63, 3.8) is 0 Å². The predicted molar refractivity (Wildman–Crippen MR) is 68.9 cm³/mol. The van der Waals surface area contributed by atoms with Crippen molar-refractivity contribution in [2.75, 3.05) is 13.1 Å². The maximum Gasteiger partial charge on any atom is 0.0453 e. The van der Waals surface area contributed by atoms with Crippen molar-refractivity contribution in [2.24, 2.45) is 0 Å². The molecule has 0 saturated carbocycles. The van der Waals surface area contributed by atoms with Gasteiger partial charge in [-0.2, -0.15) is 0 Å². The first-order valence-corrected chi connectivity index (χ1v) is 6.36. The van der Waals surface area contributed by atoms with Crippen LogP contribution < -0.4 is 10.6 Å². The van der Waals surface area contributed by atoms with E-state index >= 15 is 0 Å². The molecule has 0 aliphatic carbocycles. The Morgan fingerprint density at radius 1 is 1.44 bits per heavy atom. The molecule has 16 heavy (non-hydrogen) atoms. The van der Waals surface area contributed by atoms with Crippen LogP contribution in [0.3, 0.4) is 0 Å². The Hall–Kier alpha value is -0.570. The highest BCUT2D eigenvalue weighted by Crippen LogP contribution is 2.23. The van der Waals surface area contributed by atoms with Gasteiger partial charge in [0, 0.05) is 23.7 Å². The molecule has 1 aromatic carbocycles. The minimum atomic E-state index is 0.318. The van der Waals surface area contributed by atoms with E-state index in [1.807, 2.05) is 18.2 Å². The highest BCUT2D eigenvalue weighted by Gasteiger charge is 2.16.